The van der Waals surface area contributed by atoms with E-state index in [4.69, 9.17) is 10.5 Å². The maximum atomic E-state index is 13.6. The molecule has 6 heteroatoms. The first-order valence-electron chi connectivity index (χ1n) is 6.17. The van der Waals surface area contributed by atoms with Crippen LogP contribution in [0, 0.1) is 5.82 Å². The summed E-state index contributed by atoms with van der Waals surface area (Å²) in [4.78, 5) is 0. The minimum Gasteiger partial charge on any atom is -0.489 e. The zero-order valence-electron chi connectivity index (χ0n) is 11.0. The van der Waals surface area contributed by atoms with Crippen molar-refractivity contribution in [1.82, 2.24) is 0 Å². The summed E-state index contributed by atoms with van der Waals surface area (Å²) in [5.41, 5.74) is 5.61. The maximum Gasteiger partial charge on any atom is 0.416 e. The van der Waals surface area contributed by atoms with Gasteiger partial charge in [0, 0.05) is 12.1 Å². The van der Waals surface area contributed by atoms with Gasteiger partial charge in [-0.3, -0.25) is 0 Å². The molecule has 2 aromatic rings. The smallest absolute Gasteiger partial charge is 0.416 e. The molecule has 0 fully saturated rings. The minimum absolute atomic E-state index is 0.0300. The molecule has 0 saturated carbocycles. The Kier molecular flexibility index (Phi) is 4.47. The summed E-state index contributed by atoms with van der Waals surface area (Å²) in [7, 11) is 0. The van der Waals surface area contributed by atoms with E-state index in [1.165, 1.54) is 24.3 Å². The van der Waals surface area contributed by atoms with Crippen molar-refractivity contribution in [2.24, 2.45) is 5.73 Å². The fourth-order valence-corrected chi connectivity index (χ4v) is 1.79. The summed E-state index contributed by atoms with van der Waals surface area (Å²) in [5, 5.41) is 0. The highest BCUT2D eigenvalue weighted by Gasteiger charge is 2.30. The molecule has 2 aromatic carbocycles. The predicted molar refractivity (Wildman–Crippen MR) is 70.1 cm³/mol. The predicted octanol–water partition coefficient (Wildman–Crippen LogP) is 3.88. The van der Waals surface area contributed by atoms with E-state index in [0.29, 0.717) is 0 Å². The van der Waals surface area contributed by atoms with Gasteiger partial charge in [0.05, 0.1) is 5.56 Å². The van der Waals surface area contributed by atoms with Gasteiger partial charge >= 0.3 is 6.18 Å². The van der Waals surface area contributed by atoms with E-state index in [0.717, 1.165) is 17.7 Å². The van der Waals surface area contributed by atoms with Crippen LogP contribution in [0.15, 0.2) is 42.5 Å². The molecule has 0 aliphatic carbocycles. The summed E-state index contributed by atoms with van der Waals surface area (Å²) in [6, 6.07) is 8.79. The van der Waals surface area contributed by atoms with Crippen molar-refractivity contribution >= 4 is 0 Å². The number of hydrogen-bond donors (Lipinski definition) is 1. The molecule has 0 spiro atoms. The van der Waals surface area contributed by atoms with Crippen LogP contribution in [-0.4, -0.2) is 0 Å². The second-order valence-corrected chi connectivity index (χ2v) is 4.44. The zero-order chi connectivity index (χ0) is 15.5. The third kappa shape index (κ3) is 3.95. The Morgan fingerprint density at radius 2 is 1.81 bits per heavy atom. The van der Waals surface area contributed by atoms with Crippen molar-refractivity contribution in [2.75, 3.05) is 0 Å². The van der Waals surface area contributed by atoms with Crippen molar-refractivity contribution in [3.05, 3.63) is 65.0 Å². The number of rotatable bonds is 4. The summed E-state index contributed by atoms with van der Waals surface area (Å²) in [6.07, 6.45) is -4.44. The van der Waals surface area contributed by atoms with Gasteiger partial charge in [-0.1, -0.05) is 12.1 Å². The number of halogens is 4. The minimum atomic E-state index is -4.44. The van der Waals surface area contributed by atoms with Crippen LogP contribution in [0.5, 0.6) is 5.75 Å². The lowest BCUT2D eigenvalue weighted by Gasteiger charge is -2.11. The van der Waals surface area contributed by atoms with Gasteiger partial charge in [-0.2, -0.15) is 13.2 Å². The summed E-state index contributed by atoms with van der Waals surface area (Å²) in [6.45, 7) is 0.0812. The normalized spacial score (nSPS) is 11.5. The molecule has 0 atom stereocenters. The van der Waals surface area contributed by atoms with Crippen LogP contribution in [0.1, 0.15) is 16.7 Å². The Morgan fingerprint density at radius 1 is 1.05 bits per heavy atom. The third-order valence-electron chi connectivity index (χ3n) is 2.90. The second kappa shape index (κ2) is 6.13. The Morgan fingerprint density at radius 3 is 2.48 bits per heavy atom. The average Bonchev–Trinajstić information content (AvgIpc) is 2.46. The van der Waals surface area contributed by atoms with Crippen LogP contribution < -0.4 is 10.5 Å². The van der Waals surface area contributed by atoms with Crippen LogP contribution in [0.2, 0.25) is 0 Å². The van der Waals surface area contributed by atoms with Crippen LogP contribution in [0.4, 0.5) is 17.6 Å². The molecular formula is C15H13F4NO. The number of hydrogen-bond acceptors (Lipinski definition) is 2. The first-order chi connectivity index (χ1) is 9.90. The van der Waals surface area contributed by atoms with Crippen molar-refractivity contribution in [2.45, 2.75) is 19.3 Å². The molecular weight excluding hydrogens is 286 g/mol. The van der Waals surface area contributed by atoms with Gasteiger partial charge < -0.3 is 10.5 Å². The molecule has 2 N–H and O–H groups in total. The van der Waals surface area contributed by atoms with E-state index in [1.54, 1.807) is 6.07 Å². The highest BCUT2D eigenvalue weighted by molar-refractivity contribution is 5.31. The standard InChI is InChI=1S/C15H13F4NO/c16-14-5-4-10(8-20)6-11(14)9-21-13-3-1-2-12(7-13)15(17,18)19/h1-7H,8-9,20H2. The van der Waals surface area contributed by atoms with Crippen LogP contribution in [0.3, 0.4) is 0 Å². The Balaban J connectivity index is 2.13. The molecule has 21 heavy (non-hydrogen) atoms. The molecule has 0 amide bonds. The van der Waals surface area contributed by atoms with E-state index in [2.05, 4.69) is 0 Å². The van der Waals surface area contributed by atoms with Gasteiger partial charge in [0.2, 0.25) is 0 Å². The average molecular weight is 299 g/mol. The molecule has 0 aromatic heterocycles. The quantitative estimate of drug-likeness (QED) is 0.870. The van der Waals surface area contributed by atoms with Crippen LogP contribution in [0.25, 0.3) is 0 Å². The molecule has 0 aliphatic rings. The van der Waals surface area contributed by atoms with E-state index in [9.17, 15) is 17.6 Å². The van der Waals surface area contributed by atoms with Crippen LogP contribution >= 0.6 is 0 Å². The first-order valence-corrected chi connectivity index (χ1v) is 6.17. The topological polar surface area (TPSA) is 35.2 Å². The van der Waals surface area contributed by atoms with Gasteiger partial charge in [0.25, 0.3) is 0 Å². The third-order valence-corrected chi connectivity index (χ3v) is 2.90. The number of ether oxygens (including phenoxy) is 1. The molecule has 0 aliphatic heterocycles. The molecule has 2 nitrogen and oxygen atoms in total. The Labute approximate surface area is 119 Å². The van der Waals surface area contributed by atoms with Gasteiger partial charge in [-0.05, 0) is 35.9 Å². The number of alkyl halides is 3. The monoisotopic (exact) mass is 299 g/mol. The number of benzene rings is 2. The lowest BCUT2D eigenvalue weighted by molar-refractivity contribution is -0.137. The fourth-order valence-electron chi connectivity index (χ4n) is 1.79. The summed E-state index contributed by atoms with van der Waals surface area (Å²) < 4.78 is 56.5. The Bertz CT molecular complexity index is 625. The van der Waals surface area contributed by atoms with E-state index >= 15 is 0 Å². The van der Waals surface area contributed by atoms with Crippen molar-refractivity contribution in [3.8, 4) is 5.75 Å². The van der Waals surface area contributed by atoms with Crippen molar-refractivity contribution in [1.29, 1.82) is 0 Å². The summed E-state index contributed by atoms with van der Waals surface area (Å²) >= 11 is 0. The SMILES string of the molecule is NCc1ccc(F)c(COc2cccc(C(F)(F)F)c2)c1. The highest BCUT2D eigenvalue weighted by Crippen LogP contribution is 2.31. The van der Waals surface area contributed by atoms with E-state index < -0.39 is 17.6 Å². The van der Waals surface area contributed by atoms with Gasteiger partial charge in [0.15, 0.2) is 0 Å². The van der Waals surface area contributed by atoms with Crippen molar-refractivity contribution < 1.29 is 22.3 Å². The largest absolute Gasteiger partial charge is 0.489 e. The van der Waals surface area contributed by atoms with E-state index in [1.807, 2.05) is 0 Å². The van der Waals surface area contributed by atoms with Gasteiger partial charge in [-0.25, -0.2) is 4.39 Å². The van der Waals surface area contributed by atoms with E-state index in [-0.39, 0.29) is 24.5 Å². The number of nitrogens with two attached hydrogens (primary N) is 1. The summed E-state index contributed by atoms with van der Waals surface area (Å²) in [5.74, 6) is -0.457. The lowest BCUT2D eigenvalue weighted by atomic mass is 10.1. The van der Waals surface area contributed by atoms with Gasteiger partial charge in [0.1, 0.15) is 18.2 Å². The van der Waals surface area contributed by atoms with Crippen molar-refractivity contribution in [3.63, 3.8) is 0 Å². The van der Waals surface area contributed by atoms with Gasteiger partial charge in [-0.15, -0.1) is 0 Å². The molecule has 112 valence electrons. The molecule has 0 heterocycles. The molecule has 0 radical (unpaired) electrons. The molecule has 2 rings (SSSR count). The lowest BCUT2D eigenvalue weighted by Crippen LogP contribution is -2.06. The zero-order valence-corrected chi connectivity index (χ0v) is 11.0. The highest BCUT2D eigenvalue weighted by atomic mass is 19.4. The molecule has 0 saturated heterocycles. The maximum absolute atomic E-state index is 13.6. The molecule has 0 bridgehead atoms. The first kappa shape index (κ1) is 15.3. The fraction of sp³-hybridized carbons (Fsp3) is 0.200. The van der Waals surface area contributed by atoms with Crippen LogP contribution in [-0.2, 0) is 19.3 Å². The second-order valence-electron chi connectivity index (χ2n) is 4.44. The molecule has 0 unspecified atom stereocenters. The Hall–Kier alpha value is -2.08.